The van der Waals surface area contributed by atoms with Gasteiger partial charge in [-0.05, 0) is 31.2 Å². The van der Waals surface area contributed by atoms with Crippen LogP contribution < -0.4 is 15.0 Å². The number of benzene rings is 2. The van der Waals surface area contributed by atoms with E-state index in [9.17, 15) is 4.79 Å². The number of hydrogen-bond donors (Lipinski definition) is 1. The van der Waals surface area contributed by atoms with E-state index in [2.05, 4.69) is 27.3 Å². The first-order chi connectivity index (χ1) is 13.1. The van der Waals surface area contributed by atoms with Gasteiger partial charge in [-0.2, -0.15) is 5.26 Å². The smallest absolute Gasteiger partial charge is 0.241 e. The number of ether oxygens (including phenoxy) is 1. The first-order valence-corrected chi connectivity index (χ1v) is 9.05. The number of nitrogens with zero attached hydrogens (tertiary/aromatic N) is 3. The van der Waals surface area contributed by atoms with Crippen molar-refractivity contribution in [3.8, 4) is 11.8 Å². The standard InChI is InChI=1S/C21H24N4O2/c1-16(21(26)23-20-9-4-3-6-17(20)15-22)24-10-12-25(13-11-24)18-7-5-8-19(14-18)27-2/h3-9,14,16H,10-13H2,1-2H3,(H,23,26)/t16-/m1/s1. The summed E-state index contributed by atoms with van der Waals surface area (Å²) in [7, 11) is 1.67. The van der Waals surface area contributed by atoms with Crippen LogP contribution in [0.2, 0.25) is 0 Å². The Morgan fingerprint density at radius 1 is 1.15 bits per heavy atom. The second-order valence-electron chi connectivity index (χ2n) is 6.55. The Labute approximate surface area is 160 Å². The lowest BCUT2D eigenvalue weighted by Crippen LogP contribution is -2.52. The summed E-state index contributed by atoms with van der Waals surface area (Å²) in [5.74, 6) is 0.756. The number of methoxy groups -OCH3 is 1. The van der Waals surface area contributed by atoms with E-state index in [-0.39, 0.29) is 11.9 Å². The van der Waals surface area contributed by atoms with Gasteiger partial charge in [0.25, 0.3) is 0 Å². The number of anilines is 2. The maximum absolute atomic E-state index is 12.6. The monoisotopic (exact) mass is 364 g/mol. The predicted octanol–water partition coefficient (Wildman–Crippen LogP) is 2.72. The number of rotatable bonds is 5. The molecule has 0 spiro atoms. The molecule has 6 heteroatoms. The van der Waals surface area contributed by atoms with Gasteiger partial charge in [-0.15, -0.1) is 0 Å². The van der Waals surface area contributed by atoms with Crippen molar-refractivity contribution in [1.82, 2.24) is 4.90 Å². The number of nitriles is 1. The summed E-state index contributed by atoms with van der Waals surface area (Å²) >= 11 is 0. The van der Waals surface area contributed by atoms with Crippen LogP contribution in [-0.2, 0) is 4.79 Å². The number of piperazine rings is 1. The van der Waals surface area contributed by atoms with Gasteiger partial charge in [-0.1, -0.05) is 18.2 Å². The van der Waals surface area contributed by atoms with Gasteiger partial charge in [0.2, 0.25) is 5.91 Å². The molecule has 0 unspecified atom stereocenters. The van der Waals surface area contributed by atoms with Gasteiger partial charge in [0.1, 0.15) is 11.8 Å². The molecule has 3 rings (SSSR count). The molecule has 1 N–H and O–H groups in total. The summed E-state index contributed by atoms with van der Waals surface area (Å²) in [5.41, 5.74) is 2.17. The van der Waals surface area contributed by atoms with Crippen LogP contribution in [0.5, 0.6) is 5.75 Å². The molecule has 6 nitrogen and oxygen atoms in total. The lowest BCUT2D eigenvalue weighted by atomic mass is 10.1. The largest absolute Gasteiger partial charge is 0.497 e. The quantitative estimate of drug-likeness (QED) is 0.883. The van der Waals surface area contributed by atoms with Crippen LogP contribution in [0.15, 0.2) is 48.5 Å². The second kappa shape index (κ2) is 8.56. The number of carbonyl (C=O) groups excluding carboxylic acids is 1. The fraction of sp³-hybridized carbons (Fsp3) is 0.333. The zero-order valence-electron chi connectivity index (χ0n) is 15.7. The Balaban J connectivity index is 1.58. The van der Waals surface area contributed by atoms with Crippen molar-refractivity contribution in [3.05, 3.63) is 54.1 Å². The van der Waals surface area contributed by atoms with Crippen molar-refractivity contribution in [2.45, 2.75) is 13.0 Å². The molecule has 0 radical (unpaired) electrons. The molecule has 2 aromatic rings. The molecule has 27 heavy (non-hydrogen) atoms. The Hall–Kier alpha value is -3.04. The average molecular weight is 364 g/mol. The van der Waals surface area contributed by atoms with Crippen molar-refractivity contribution < 1.29 is 9.53 Å². The molecule has 1 heterocycles. The molecule has 0 bridgehead atoms. The lowest BCUT2D eigenvalue weighted by Gasteiger charge is -2.38. The van der Waals surface area contributed by atoms with Gasteiger partial charge >= 0.3 is 0 Å². The number of carbonyl (C=O) groups is 1. The summed E-state index contributed by atoms with van der Waals surface area (Å²) in [5, 5.41) is 12.1. The van der Waals surface area contributed by atoms with Crippen LogP contribution in [0.4, 0.5) is 11.4 Å². The maximum Gasteiger partial charge on any atom is 0.241 e. The fourth-order valence-electron chi connectivity index (χ4n) is 3.27. The fourth-order valence-corrected chi connectivity index (χ4v) is 3.27. The Morgan fingerprint density at radius 2 is 1.89 bits per heavy atom. The Bertz CT molecular complexity index is 838. The minimum absolute atomic E-state index is 0.0902. The number of para-hydroxylation sites is 1. The zero-order chi connectivity index (χ0) is 19.2. The minimum atomic E-state index is -0.260. The van der Waals surface area contributed by atoms with Crippen LogP contribution in [0.25, 0.3) is 0 Å². The second-order valence-corrected chi connectivity index (χ2v) is 6.55. The highest BCUT2D eigenvalue weighted by Gasteiger charge is 2.26. The van der Waals surface area contributed by atoms with E-state index in [1.165, 1.54) is 0 Å². The molecule has 0 saturated carbocycles. The molecule has 1 atom stereocenters. The molecule has 2 aromatic carbocycles. The van der Waals surface area contributed by atoms with Crippen molar-refractivity contribution in [1.29, 1.82) is 5.26 Å². The van der Waals surface area contributed by atoms with Crippen LogP contribution in [0, 0.1) is 11.3 Å². The first kappa shape index (κ1) is 18.7. The molecule has 1 aliphatic rings. The SMILES string of the molecule is COc1cccc(N2CCN([C@H](C)C(=O)Nc3ccccc3C#N)CC2)c1. The summed E-state index contributed by atoms with van der Waals surface area (Å²) in [6.45, 7) is 5.20. The summed E-state index contributed by atoms with van der Waals surface area (Å²) in [6, 6.07) is 16.9. The van der Waals surface area contributed by atoms with E-state index in [0.717, 1.165) is 37.6 Å². The van der Waals surface area contributed by atoms with Crippen LogP contribution in [0.1, 0.15) is 12.5 Å². The lowest BCUT2D eigenvalue weighted by molar-refractivity contribution is -0.120. The zero-order valence-corrected chi connectivity index (χ0v) is 15.7. The van der Waals surface area contributed by atoms with E-state index in [1.54, 1.807) is 25.3 Å². The van der Waals surface area contributed by atoms with Crippen molar-refractivity contribution in [2.75, 3.05) is 43.5 Å². The molecular formula is C21H24N4O2. The molecule has 0 aliphatic carbocycles. The van der Waals surface area contributed by atoms with E-state index in [4.69, 9.17) is 10.00 Å². The van der Waals surface area contributed by atoms with Crippen molar-refractivity contribution in [3.63, 3.8) is 0 Å². The third-order valence-corrected chi connectivity index (χ3v) is 4.97. The van der Waals surface area contributed by atoms with Crippen molar-refractivity contribution in [2.24, 2.45) is 0 Å². The number of hydrogen-bond acceptors (Lipinski definition) is 5. The van der Waals surface area contributed by atoms with Gasteiger partial charge in [-0.25, -0.2) is 0 Å². The summed E-state index contributed by atoms with van der Waals surface area (Å²) in [6.07, 6.45) is 0. The maximum atomic E-state index is 12.6. The molecule has 0 aromatic heterocycles. The van der Waals surface area contributed by atoms with Gasteiger partial charge in [0.15, 0.2) is 0 Å². The summed E-state index contributed by atoms with van der Waals surface area (Å²) in [4.78, 5) is 17.1. The van der Waals surface area contributed by atoms with Gasteiger partial charge < -0.3 is 15.0 Å². The number of nitrogens with one attached hydrogen (secondary N) is 1. The van der Waals surface area contributed by atoms with Gasteiger partial charge in [0.05, 0.1) is 24.4 Å². The Kier molecular flexibility index (Phi) is 5.94. The van der Waals surface area contributed by atoms with Gasteiger partial charge in [-0.3, -0.25) is 9.69 Å². The summed E-state index contributed by atoms with van der Waals surface area (Å²) < 4.78 is 5.30. The van der Waals surface area contributed by atoms with Crippen LogP contribution in [0.3, 0.4) is 0 Å². The van der Waals surface area contributed by atoms with E-state index in [1.807, 2.05) is 31.2 Å². The highest BCUT2D eigenvalue weighted by atomic mass is 16.5. The highest BCUT2D eigenvalue weighted by molar-refractivity contribution is 5.95. The molecule has 1 saturated heterocycles. The van der Waals surface area contributed by atoms with E-state index < -0.39 is 0 Å². The molecular weight excluding hydrogens is 340 g/mol. The number of amides is 1. The third-order valence-electron chi connectivity index (χ3n) is 4.97. The average Bonchev–Trinajstić information content (AvgIpc) is 2.73. The molecule has 1 aliphatic heterocycles. The first-order valence-electron chi connectivity index (χ1n) is 9.05. The highest BCUT2D eigenvalue weighted by Crippen LogP contribution is 2.23. The van der Waals surface area contributed by atoms with Crippen molar-refractivity contribution >= 4 is 17.3 Å². The van der Waals surface area contributed by atoms with Gasteiger partial charge in [0, 0.05) is 37.9 Å². The van der Waals surface area contributed by atoms with Crippen LogP contribution in [-0.4, -0.2) is 50.1 Å². The normalized spacial score (nSPS) is 15.7. The third kappa shape index (κ3) is 4.39. The molecule has 140 valence electrons. The molecule has 1 amide bonds. The minimum Gasteiger partial charge on any atom is -0.497 e. The van der Waals surface area contributed by atoms with E-state index >= 15 is 0 Å². The predicted molar refractivity (Wildman–Crippen MR) is 106 cm³/mol. The Morgan fingerprint density at radius 3 is 2.59 bits per heavy atom. The topological polar surface area (TPSA) is 68.6 Å². The molecule has 1 fully saturated rings. The van der Waals surface area contributed by atoms with E-state index in [0.29, 0.717) is 11.3 Å². The van der Waals surface area contributed by atoms with Crippen LogP contribution >= 0.6 is 0 Å².